The van der Waals surface area contributed by atoms with Crippen LogP contribution in [-0.4, -0.2) is 40.3 Å². The average molecular weight is 332 g/mol. The number of alkyl halides is 2. The Morgan fingerprint density at radius 2 is 2.11 bits per heavy atom. The first-order valence-electron chi connectivity index (χ1n) is 5.52. The lowest BCUT2D eigenvalue weighted by Gasteiger charge is -2.17. The third-order valence-electron chi connectivity index (χ3n) is 3.16. The second-order valence-electron chi connectivity index (χ2n) is 4.52. The van der Waals surface area contributed by atoms with E-state index in [0.717, 1.165) is 9.80 Å². The maximum atomic E-state index is 13.2. The largest absolute Gasteiger partial charge is 0.332 e. The molecule has 100 valence electrons. The second kappa shape index (κ2) is 3.96. The zero-order chi connectivity index (χ0) is 13.8. The molecular formula is C11H8BrF2N3O2. The number of aromatic nitrogens is 1. The van der Waals surface area contributed by atoms with Crippen LogP contribution in [-0.2, 0) is 4.79 Å². The molecule has 2 aliphatic heterocycles. The first-order chi connectivity index (χ1) is 8.89. The number of pyridine rings is 1. The standard InChI is InChI=1S/C11H8BrF2N3O2/c12-6-1-7(4-15-3-6)17-9(18)8-2-11(13,14)5-16(8)10(17)19/h1,3-4,8H,2,5H2/t8-/m0/s1. The first kappa shape index (κ1) is 12.5. The summed E-state index contributed by atoms with van der Waals surface area (Å²) in [5.41, 5.74) is 0.280. The molecule has 3 rings (SSSR count). The van der Waals surface area contributed by atoms with Crippen LogP contribution < -0.4 is 4.90 Å². The molecule has 8 heteroatoms. The number of amides is 3. The summed E-state index contributed by atoms with van der Waals surface area (Å²) in [6, 6.07) is -0.239. The van der Waals surface area contributed by atoms with E-state index in [9.17, 15) is 18.4 Å². The van der Waals surface area contributed by atoms with E-state index in [4.69, 9.17) is 0 Å². The number of rotatable bonds is 1. The molecule has 0 unspecified atom stereocenters. The lowest BCUT2D eigenvalue weighted by atomic mass is 10.2. The van der Waals surface area contributed by atoms with Gasteiger partial charge in [-0.05, 0) is 22.0 Å². The number of hydrogen-bond donors (Lipinski definition) is 0. The van der Waals surface area contributed by atoms with Crippen molar-refractivity contribution in [3.63, 3.8) is 0 Å². The van der Waals surface area contributed by atoms with Crippen molar-refractivity contribution in [2.24, 2.45) is 0 Å². The number of hydrogen-bond acceptors (Lipinski definition) is 3. The summed E-state index contributed by atoms with van der Waals surface area (Å²) in [6.07, 6.45) is 2.24. The number of halogens is 3. The highest BCUT2D eigenvalue weighted by Crippen LogP contribution is 2.38. The lowest BCUT2D eigenvalue weighted by Crippen LogP contribution is -2.36. The molecule has 3 heterocycles. The van der Waals surface area contributed by atoms with Crippen LogP contribution in [0, 0.1) is 0 Å². The molecule has 1 atom stereocenters. The molecule has 19 heavy (non-hydrogen) atoms. The van der Waals surface area contributed by atoms with Crippen LogP contribution in [0.4, 0.5) is 19.3 Å². The molecule has 1 aromatic heterocycles. The van der Waals surface area contributed by atoms with Crippen molar-refractivity contribution in [1.82, 2.24) is 9.88 Å². The number of fused-ring (bicyclic) bond motifs is 1. The van der Waals surface area contributed by atoms with Crippen molar-refractivity contribution < 1.29 is 18.4 Å². The highest BCUT2D eigenvalue weighted by molar-refractivity contribution is 9.10. The summed E-state index contributed by atoms with van der Waals surface area (Å²) in [7, 11) is 0. The van der Waals surface area contributed by atoms with Gasteiger partial charge in [-0.2, -0.15) is 0 Å². The Hall–Kier alpha value is -1.57. The van der Waals surface area contributed by atoms with Gasteiger partial charge in [0, 0.05) is 17.1 Å². The maximum absolute atomic E-state index is 13.2. The summed E-state index contributed by atoms with van der Waals surface area (Å²) in [5, 5.41) is 0. The summed E-state index contributed by atoms with van der Waals surface area (Å²) < 4.78 is 27.0. The van der Waals surface area contributed by atoms with E-state index in [1.807, 2.05) is 0 Å². The molecule has 0 saturated carbocycles. The fourth-order valence-corrected chi connectivity index (χ4v) is 2.72. The topological polar surface area (TPSA) is 53.5 Å². The minimum absolute atomic E-state index is 0.280. The molecule has 2 saturated heterocycles. The predicted octanol–water partition coefficient (Wildman–Crippen LogP) is 2.02. The zero-order valence-electron chi connectivity index (χ0n) is 9.52. The number of carbonyl (C=O) groups is 2. The monoisotopic (exact) mass is 331 g/mol. The number of carbonyl (C=O) groups excluding carboxylic acids is 2. The van der Waals surface area contributed by atoms with Crippen molar-refractivity contribution in [3.8, 4) is 0 Å². The Morgan fingerprint density at radius 3 is 2.74 bits per heavy atom. The minimum atomic E-state index is -2.99. The molecule has 0 bridgehead atoms. The van der Waals surface area contributed by atoms with E-state index < -0.39 is 36.9 Å². The highest BCUT2D eigenvalue weighted by Gasteiger charge is 2.57. The first-order valence-corrected chi connectivity index (χ1v) is 6.31. The van der Waals surface area contributed by atoms with E-state index in [2.05, 4.69) is 20.9 Å². The van der Waals surface area contributed by atoms with Crippen LogP contribution in [0.25, 0.3) is 0 Å². The molecule has 0 radical (unpaired) electrons. The van der Waals surface area contributed by atoms with Crippen LogP contribution >= 0.6 is 15.9 Å². The highest BCUT2D eigenvalue weighted by atomic mass is 79.9. The zero-order valence-corrected chi connectivity index (χ0v) is 11.1. The summed E-state index contributed by atoms with van der Waals surface area (Å²) in [4.78, 5) is 29.8. The van der Waals surface area contributed by atoms with Crippen molar-refractivity contribution in [2.45, 2.75) is 18.4 Å². The van der Waals surface area contributed by atoms with Gasteiger partial charge in [0.15, 0.2) is 0 Å². The van der Waals surface area contributed by atoms with Gasteiger partial charge in [-0.25, -0.2) is 18.5 Å². The van der Waals surface area contributed by atoms with E-state index >= 15 is 0 Å². The minimum Gasteiger partial charge on any atom is -0.306 e. The number of urea groups is 1. The summed E-state index contributed by atoms with van der Waals surface area (Å²) in [5.74, 6) is -3.61. The van der Waals surface area contributed by atoms with Crippen molar-refractivity contribution in [3.05, 3.63) is 22.9 Å². The van der Waals surface area contributed by atoms with Gasteiger partial charge >= 0.3 is 6.03 Å². The van der Waals surface area contributed by atoms with Gasteiger partial charge in [0.2, 0.25) is 0 Å². The molecule has 2 aliphatic rings. The molecule has 3 amide bonds. The Morgan fingerprint density at radius 1 is 1.37 bits per heavy atom. The fraction of sp³-hybridized carbons (Fsp3) is 0.364. The molecule has 0 aliphatic carbocycles. The van der Waals surface area contributed by atoms with Crippen molar-refractivity contribution in [1.29, 1.82) is 0 Å². The number of anilines is 1. The van der Waals surface area contributed by atoms with Crippen LogP contribution in [0.1, 0.15) is 6.42 Å². The number of nitrogens with zero attached hydrogens (tertiary/aromatic N) is 3. The van der Waals surface area contributed by atoms with Gasteiger partial charge in [-0.15, -0.1) is 0 Å². The van der Waals surface area contributed by atoms with E-state index in [1.165, 1.54) is 12.4 Å². The summed E-state index contributed by atoms with van der Waals surface area (Å²) in [6.45, 7) is -0.708. The van der Waals surface area contributed by atoms with Gasteiger partial charge in [0.1, 0.15) is 6.04 Å². The van der Waals surface area contributed by atoms with E-state index in [0.29, 0.717) is 4.47 Å². The van der Waals surface area contributed by atoms with Crippen LogP contribution in [0.5, 0.6) is 0 Å². The molecule has 1 aromatic rings. The van der Waals surface area contributed by atoms with Crippen LogP contribution in [0.3, 0.4) is 0 Å². The fourth-order valence-electron chi connectivity index (χ4n) is 2.37. The van der Waals surface area contributed by atoms with Crippen molar-refractivity contribution >= 4 is 33.6 Å². The summed E-state index contributed by atoms with van der Waals surface area (Å²) >= 11 is 3.18. The SMILES string of the molecule is O=C1[C@@H]2CC(F)(F)CN2C(=O)N1c1cncc(Br)c1. The third kappa shape index (κ3) is 1.90. The van der Waals surface area contributed by atoms with Crippen molar-refractivity contribution in [2.75, 3.05) is 11.4 Å². The molecular weight excluding hydrogens is 324 g/mol. The average Bonchev–Trinajstić information content (AvgIpc) is 2.74. The quantitative estimate of drug-likeness (QED) is 0.740. The predicted molar refractivity (Wildman–Crippen MR) is 64.9 cm³/mol. The molecule has 2 fully saturated rings. The Balaban J connectivity index is 1.95. The Kier molecular flexibility index (Phi) is 2.60. The third-order valence-corrected chi connectivity index (χ3v) is 3.59. The molecule has 0 aromatic carbocycles. The van der Waals surface area contributed by atoms with Gasteiger partial charge < -0.3 is 4.90 Å². The van der Waals surface area contributed by atoms with E-state index in [-0.39, 0.29) is 5.69 Å². The van der Waals surface area contributed by atoms with Gasteiger partial charge in [-0.1, -0.05) is 0 Å². The van der Waals surface area contributed by atoms with E-state index in [1.54, 1.807) is 6.07 Å². The molecule has 5 nitrogen and oxygen atoms in total. The van der Waals surface area contributed by atoms with Gasteiger partial charge in [-0.3, -0.25) is 9.78 Å². The smallest absolute Gasteiger partial charge is 0.306 e. The van der Waals surface area contributed by atoms with Crippen LogP contribution in [0.15, 0.2) is 22.9 Å². The van der Waals surface area contributed by atoms with Gasteiger partial charge in [0.25, 0.3) is 11.8 Å². The maximum Gasteiger partial charge on any atom is 0.332 e. The Labute approximate surface area is 115 Å². The second-order valence-corrected chi connectivity index (χ2v) is 5.44. The molecule has 0 spiro atoms. The van der Waals surface area contributed by atoms with Gasteiger partial charge in [0.05, 0.1) is 18.4 Å². The van der Waals surface area contributed by atoms with Crippen LogP contribution in [0.2, 0.25) is 0 Å². The normalized spacial score (nSPS) is 25.1. The lowest BCUT2D eigenvalue weighted by molar-refractivity contribution is -0.119. The number of imide groups is 1. The Bertz CT molecular complexity index is 555. The molecule has 0 N–H and O–H groups in total.